The Morgan fingerprint density at radius 2 is 2.22 bits per heavy atom. The molecule has 1 unspecified atom stereocenters. The molecule has 18 heavy (non-hydrogen) atoms. The minimum Gasteiger partial charge on any atom is -0.331 e. The molecule has 0 radical (unpaired) electrons. The number of aromatic amines is 1. The Bertz CT molecular complexity index is 653. The number of H-pyrrole nitrogens is 1. The first-order chi connectivity index (χ1) is 8.49. The van der Waals surface area contributed by atoms with E-state index in [1.54, 1.807) is 0 Å². The van der Waals surface area contributed by atoms with Crippen LogP contribution in [0.25, 0.3) is 11.0 Å². The van der Waals surface area contributed by atoms with Gasteiger partial charge >= 0.3 is 0 Å². The molecule has 1 aromatic carbocycles. The van der Waals surface area contributed by atoms with Crippen LogP contribution in [0.1, 0.15) is 39.2 Å². The van der Waals surface area contributed by atoms with Crippen molar-refractivity contribution in [1.82, 2.24) is 9.55 Å². The quantitative estimate of drug-likeness (QED) is 0.721. The lowest BCUT2D eigenvalue weighted by atomic mass is 9.87. The lowest BCUT2D eigenvalue weighted by Gasteiger charge is -2.28. The van der Waals surface area contributed by atoms with Gasteiger partial charge in [-0.15, -0.1) is 0 Å². The summed E-state index contributed by atoms with van der Waals surface area (Å²) in [5.41, 5.74) is 2.51. The van der Waals surface area contributed by atoms with Crippen molar-refractivity contribution >= 4 is 34.9 Å². The highest BCUT2D eigenvalue weighted by Crippen LogP contribution is 2.47. The number of nitrogens with one attached hydrogen (secondary N) is 1. The Morgan fingerprint density at radius 1 is 1.44 bits per heavy atom. The van der Waals surface area contributed by atoms with Crippen molar-refractivity contribution in [3.8, 4) is 0 Å². The zero-order valence-electron chi connectivity index (χ0n) is 10.7. The molecule has 1 heterocycles. The Kier molecular flexibility index (Phi) is 2.79. The summed E-state index contributed by atoms with van der Waals surface area (Å²) < 4.78 is 3.08. The fraction of sp³-hybridized carbons (Fsp3) is 0.500. The summed E-state index contributed by atoms with van der Waals surface area (Å²) in [4.78, 5) is 3.29. The summed E-state index contributed by atoms with van der Waals surface area (Å²) in [5.74, 6) is 0. The number of rotatable bonds is 1. The van der Waals surface area contributed by atoms with Gasteiger partial charge in [-0.05, 0) is 48.7 Å². The monoisotopic (exact) mass is 280 g/mol. The molecule has 0 spiro atoms. The van der Waals surface area contributed by atoms with Crippen LogP contribution in [0.3, 0.4) is 0 Å². The van der Waals surface area contributed by atoms with Crippen molar-refractivity contribution in [2.45, 2.75) is 39.2 Å². The zero-order valence-corrected chi connectivity index (χ0v) is 12.2. The molecule has 2 nitrogen and oxygen atoms in total. The van der Waals surface area contributed by atoms with E-state index in [0.717, 1.165) is 20.8 Å². The molecule has 1 aliphatic carbocycles. The number of hydrogen-bond acceptors (Lipinski definition) is 1. The highest BCUT2D eigenvalue weighted by atomic mass is 35.5. The Morgan fingerprint density at radius 3 is 2.89 bits per heavy atom. The molecule has 4 heteroatoms. The second-order valence-corrected chi connectivity index (χ2v) is 6.68. The van der Waals surface area contributed by atoms with Crippen LogP contribution >= 0.6 is 23.8 Å². The van der Waals surface area contributed by atoms with Crippen LogP contribution in [-0.4, -0.2) is 9.55 Å². The van der Waals surface area contributed by atoms with Gasteiger partial charge in [0.15, 0.2) is 4.77 Å². The second kappa shape index (κ2) is 4.10. The molecule has 2 aromatic rings. The maximum Gasteiger partial charge on any atom is 0.178 e. The van der Waals surface area contributed by atoms with E-state index in [9.17, 15) is 0 Å². The molecule has 1 saturated carbocycles. The van der Waals surface area contributed by atoms with Crippen LogP contribution in [-0.2, 0) is 0 Å². The molecule has 1 atom stereocenters. The van der Waals surface area contributed by atoms with Gasteiger partial charge in [0.05, 0.1) is 11.0 Å². The van der Waals surface area contributed by atoms with Gasteiger partial charge in [0, 0.05) is 11.1 Å². The first-order valence-corrected chi connectivity index (χ1v) is 7.17. The van der Waals surface area contributed by atoms with Crippen molar-refractivity contribution in [3.05, 3.63) is 28.0 Å². The van der Waals surface area contributed by atoms with Crippen LogP contribution in [0.2, 0.25) is 5.02 Å². The van der Waals surface area contributed by atoms with E-state index in [-0.39, 0.29) is 0 Å². The number of aromatic nitrogens is 2. The first-order valence-electron chi connectivity index (χ1n) is 6.39. The van der Waals surface area contributed by atoms with Crippen LogP contribution < -0.4 is 0 Å². The average Bonchev–Trinajstić information content (AvgIpc) is 2.77. The van der Waals surface area contributed by atoms with Crippen LogP contribution in [0.15, 0.2) is 18.2 Å². The molecule has 0 aliphatic heterocycles. The molecule has 1 aliphatic rings. The Balaban J connectivity index is 2.25. The summed E-state index contributed by atoms with van der Waals surface area (Å²) in [6, 6.07) is 6.39. The normalized spacial score (nSPS) is 22.7. The smallest absolute Gasteiger partial charge is 0.178 e. The third-order valence-corrected chi connectivity index (χ3v) is 4.73. The van der Waals surface area contributed by atoms with Gasteiger partial charge in [-0.3, -0.25) is 0 Å². The summed E-state index contributed by atoms with van der Waals surface area (Å²) in [5, 5.41) is 0.765. The van der Waals surface area contributed by atoms with E-state index in [0.29, 0.717) is 11.5 Å². The van der Waals surface area contributed by atoms with E-state index in [1.807, 2.05) is 18.2 Å². The fourth-order valence-electron chi connectivity index (χ4n) is 3.19. The van der Waals surface area contributed by atoms with Gasteiger partial charge in [-0.2, -0.15) is 0 Å². The number of hydrogen-bond donors (Lipinski definition) is 1. The third kappa shape index (κ3) is 1.81. The lowest BCUT2D eigenvalue weighted by Crippen LogP contribution is -2.21. The lowest BCUT2D eigenvalue weighted by molar-refractivity contribution is 0.264. The fourth-order valence-corrected chi connectivity index (χ4v) is 3.69. The van der Waals surface area contributed by atoms with E-state index >= 15 is 0 Å². The van der Waals surface area contributed by atoms with E-state index in [4.69, 9.17) is 23.8 Å². The topological polar surface area (TPSA) is 20.7 Å². The number of nitrogens with zero attached hydrogens (tertiary/aromatic N) is 1. The van der Waals surface area contributed by atoms with Gasteiger partial charge in [0.25, 0.3) is 0 Å². The highest BCUT2D eigenvalue weighted by molar-refractivity contribution is 7.71. The van der Waals surface area contributed by atoms with Crippen molar-refractivity contribution in [2.24, 2.45) is 5.41 Å². The Labute approximate surface area is 117 Å². The molecule has 3 rings (SSSR count). The van der Waals surface area contributed by atoms with Crippen molar-refractivity contribution in [2.75, 3.05) is 0 Å². The van der Waals surface area contributed by atoms with Crippen molar-refractivity contribution < 1.29 is 0 Å². The van der Waals surface area contributed by atoms with Crippen molar-refractivity contribution in [3.63, 3.8) is 0 Å². The molecular weight excluding hydrogens is 264 g/mol. The average molecular weight is 281 g/mol. The van der Waals surface area contributed by atoms with Gasteiger partial charge in [-0.1, -0.05) is 31.9 Å². The van der Waals surface area contributed by atoms with E-state index in [2.05, 4.69) is 23.4 Å². The zero-order chi connectivity index (χ0) is 12.9. The predicted molar refractivity (Wildman–Crippen MR) is 78.8 cm³/mol. The summed E-state index contributed by atoms with van der Waals surface area (Å²) in [6.07, 6.45) is 3.72. The van der Waals surface area contributed by atoms with Gasteiger partial charge in [-0.25, -0.2) is 0 Å². The molecule has 96 valence electrons. The minimum atomic E-state index is 0.301. The molecule has 1 aromatic heterocycles. The summed E-state index contributed by atoms with van der Waals surface area (Å²) >= 11 is 11.6. The van der Waals surface area contributed by atoms with Crippen LogP contribution in [0.5, 0.6) is 0 Å². The molecular formula is C14H17ClN2S. The minimum absolute atomic E-state index is 0.301. The highest BCUT2D eigenvalue weighted by Gasteiger charge is 2.36. The maximum atomic E-state index is 6.12. The van der Waals surface area contributed by atoms with Crippen LogP contribution in [0.4, 0.5) is 0 Å². The number of benzene rings is 1. The SMILES string of the molecule is CC1(C)CCCC1n1c(=S)[nH]c2ccc(Cl)cc21. The standard InChI is InChI=1S/C14H17ClN2S/c1-14(2)7-3-4-12(14)17-11-8-9(15)5-6-10(11)16-13(17)18/h5-6,8,12H,3-4,7H2,1-2H3,(H,16,18). The largest absolute Gasteiger partial charge is 0.331 e. The number of fused-ring (bicyclic) bond motifs is 1. The van der Waals surface area contributed by atoms with Crippen LogP contribution in [0, 0.1) is 10.2 Å². The second-order valence-electron chi connectivity index (χ2n) is 5.86. The first kappa shape index (κ1) is 12.2. The summed E-state index contributed by atoms with van der Waals surface area (Å²) in [6.45, 7) is 4.66. The van der Waals surface area contributed by atoms with Crippen molar-refractivity contribution in [1.29, 1.82) is 0 Å². The molecule has 0 bridgehead atoms. The maximum absolute atomic E-state index is 6.12. The number of imidazole rings is 1. The third-order valence-electron chi connectivity index (χ3n) is 4.19. The van der Waals surface area contributed by atoms with E-state index in [1.165, 1.54) is 19.3 Å². The van der Waals surface area contributed by atoms with Gasteiger partial charge in [0.2, 0.25) is 0 Å². The number of halogens is 1. The molecule has 1 N–H and O–H groups in total. The Hall–Kier alpha value is -0.800. The van der Waals surface area contributed by atoms with E-state index < -0.39 is 0 Å². The van der Waals surface area contributed by atoms with Gasteiger partial charge < -0.3 is 9.55 Å². The molecule has 0 saturated heterocycles. The predicted octanol–water partition coefficient (Wildman–Crippen LogP) is 5.10. The summed E-state index contributed by atoms with van der Waals surface area (Å²) in [7, 11) is 0. The molecule has 1 fully saturated rings. The molecule has 0 amide bonds. The van der Waals surface area contributed by atoms with Gasteiger partial charge in [0.1, 0.15) is 0 Å².